The minimum atomic E-state index is -3.89. The van der Waals surface area contributed by atoms with Crippen molar-refractivity contribution >= 4 is 43.7 Å². The average Bonchev–Trinajstić information content (AvgIpc) is 2.77. The zero-order valence-corrected chi connectivity index (χ0v) is 13.9. The highest BCUT2D eigenvalue weighted by atomic mass is 79.9. The number of aryl methyl sites for hydroxylation is 1. The van der Waals surface area contributed by atoms with Crippen LogP contribution in [0.1, 0.15) is 12.0 Å². The predicted octanol–water partition coefficient (Wildman–Crippen LogP) is 2.00. The van der Waals surface area contributed by atoms with Gasteiger partial charge >= 0.3 is 5.97 Å². The molecule has 2 rings (SSSR count). The van der Waals surface area contributed by atoms with E-state index in [9.17, 15) is 18.3 Å². The number of thioether (sulfide) groups is 1. The molecule has 0 bridgehead atoms. The van der Waals surface area contributed by atoms with Gasteiger partial charge in [0.2, 0.25) is 10.0 Å². The quantitative estimate of drug-likeness (QED) is 0.835. The molecule has 1 saturated heterocycles. The summed E-state index contributed by atoms with van der Waals surface area (Å²) in [6.45, 7) is 1.85. The largest absolute Gasteiger partial charge is 0.480 e. The number of benzene rings is 1. The van der Waals surface area contributed by atoms with E-state index in [0.29, 0.717) is 10.2 Å². The second-order valence-electron chi connectivity index (χ2n) is 4.73. The molecular weight excluding hydrogens is 366 g/mol. The molecule has 1 fully saturated rings. The number of carboxylic acid groups (broad SMARTS) is 1. The molecule has 0 aliphatic carbocycles. The molecule has 2 N–H and O–H groups in total. The first-order valence-electron chi connectivity index (χ1n) is 5.88. The highest BCUT2D eigenvalue weighted by Crippen LogP contribution is 2.31. The number of carbonyl (C=O) groups is 1. The first kappa shape index (κ1) is 15.8. The highest BCUT2D eigenvalue weighted by Gasteiger charge is 2.45. The van der Waals surface area contributed by atoms with Gasteiger partial charge in [0.1, 0.15) is 5.54 Å². The van der Waals surface area contributed by atoms with Crippen LogP contribution >= 0.6 is 27.7 Å². The van der Waals surface area contributed by atoms with Crippen LogP contribution in [0, 0.1) is 6.92 Å². The van der Waals surface area contributed by atoms with Crippen molar-refractivity contribution in [3.63, 3.8) is 0 Å². The topological polar surface area (TPSA) is 83.5 Å². The van der Waals surface area contributed by atoms with Crippen molar-refractivity contribution in [1.29, 1.82) is 0 Å². The molecular formula is C12H14BrNO4S2. The molecule has 110 valence electrons. The standard InChI is InChI=1S/C12H14BrNO4S2/c1-8-2-3-10(9(13)6-8)20(17,18)14-12(11(15)16)4-5-19-7-12/h2-3,6,14H,4-5,7H2,1H3,(H,15,16). The van der Waals surface area contributed by atoms with Gasteiger partial charge in [-0.2, -0.15) is 16.5 Å². The fraction of sp³-hybridized carbons (Fsp3) is 0.417. The summed E-state index contributed by atoms with van der Waals surface area (Å²) < 4.78 is 27.6. The van der Waals surface area contributed by atoms with Crippen molar-refractivity contribution in [3.05, 3.63) is 28.2 Å². The summed E-state index contributed by atoms with van der Waals surface area (Å²) in [5.74, 6) is -0.260. The van der Waals surface area contributed by atoms with Crippen LogP contribution in [0.4, 0.5) is 0 Å². The van der Waals surface area contributed by atoms with Gasteiger partial charge in [-0.25, -0.2) is 8.42 Å². The van der Waals surface area contributed by atoms with E-state index in [1.54, 1.807) is 12.1 Å². The molecule has 0 saturated carbocycles. The van der Waals surface area contributed by atoms with Crippen LogP contribution < -0.4 is 4.72 Å². The second kappa shape index (κ2) is 5.67. The fourth-order valence-electron chi connectivity index (χ4n) is 1.99. The Morgan fingerprint density at radius 2 is 2.20 bits per heavy atom. The van der Waals surface area contributed by atoms with Crippen LogP contribution in [0.3, 0.4) is 0 Å². The summed E-state index contributed by atoms with van der Waals surface area (Å²) in [5, 5.41) is 9.34. The van der Waals surface area contributed by atoms with Crippen LogP contribution in [-0.2, 0) is 14.8 Å². The molecule has 1 heterocycles. The van der Waals surface area contributed by atoms with Gasteiger partial charge in [-0.1, -0.05) is 6.07 Å². The summed E-state index contributed by atoms with van der Waals surface area (Å²) in [6.07, 6.45) is 0.287. The van der Waals surface area contributed by atoms with Gasteiger partial charge in [0.15, 0.2) is 0 Å². The number of nitrogens with one attached hydrogen (secondary N) is 1. The number of hydrogen-bond donors (Lipinski definition) is 2. The Morgan fingerprint density at radius 1 is 1.50 bits per heavy atom. The van der Waals surface area contributed by atoms with Crippen molar-refractivity contribution in [2.45, 2.75) is 23.8 Å². The van der Waals surface area contributed by atoms with E-state index in [0.717, 1.165) is 5.56 Å². The normalized spacial score (nSPS) is 22.9. The van der Waals surface area contributed by atoms with E-state index in [2.05, 4.69) is 20.7 Å². The highest BCUT2D eigenvalue weighted by molar-refractivity contribution is 9.10. The van der Waals surface area contributed by atoms with E-state index in [1.807, 2.05) is 6.92 Å². The molecule has 1 aromatic carbocycles. The molecule has 8 heteroatoms. The molecule has 1 unspecified atom stereocenters. The summed E-state index contributed by atoms with van der Waals surface area (Å²) in [6, 6.07) is 4.83. The fourth-order valence-corrected chi connectivity index (χ4v) is 5.99. The van der Waals surface area contributed by atoms with Gasteiger partial charge in [0.25, 0.3) is 0 Å². The molecule has 1 aliphatic heterocycles. The molecule has 0 radical (unpaired) electrons. The van der Waals surface area contributed by atoms with Gasteiger partial charge in [-0.3, -0.25) is 4.79 Å². The Kier molecular flexibility index (Phi) is 4.48. The minimum Gasteiger partial charge on any atom is -0.480 e. The maximum atomic E-state index is 12.4. The van der Waals surface area contributed by atoms with Crippen LogP contribution in [-0.4, -0.2) is 36.5 Å². The van der Waals surface area contributed by atoms with Crippen molar-refractivity contribution in [2.75, 3.05) is 11.5 Å². The zero-order chi connectivity index (χ0) is 15.0. The lowest BCUT2D eigenvalue weighted by molar-refractivity contribution is -0.142. The van der Waals surface area contributed by atoms with Gasteiger partial charge in [0, 0.05) is 10.2 Å². The maximum absolute atomic E-state index is 12.4. The van der Waals surface area contributed by atoms with Gasteiger partial charge < -0.3 is 5.11 Å². The van der Waals surface area contributed by atoms with E-state index in [4.69, 9.17) is 0 Å². The molecule has 1 aromatic rings. The van der Waals surface area contributed by atoms with E-state index >= 15 is 0 Å². The number of sulfonamides is 1. The minimum absolute atomic E-state index is 0.0561. The van der Waals surface area contributed by atoms with E-state index < -0.39 is 21.5 Å². The van der Waals surface area contributed by atoms with Crippen molar-refractivity contribution in [1.82, 2.24) is 4.72 Å². The third-order valence-electron chi connectivity index (χ3n) is 3.14. The second-order valence-corrected chi connectivity index (χ2v) is 8.34. The first-order chi connectivity index (χ1) is 9.27. The van der Waals surface area contributed by atoms with Crippen LogP contribution in [0.5, 0.6) is 0 Å². The molecule has 1 atom stereocenters. The monoisotopic (exact) mass is 379 g/mol. The summed E-state index contributed by atoms with van der Waals surface area (Å²) in [7, 11) is -3.89. The lowest BCUT2D eigenvalue weighted by Gasteiger charge is -2.24. The van der Waals surface area contributed by atoms with Gasteiger partial charge in [-0.15, -0.1) is 0 Å². The smallest absolute Gasteiger partial charge is 0.325 e. The van der Waals surface area contributed by atoms with E-state index in [1.165, 1.54) is 17.8 Å². The van der Waals surface area contributed by atoms with Crippen molar-refractivity contribution in [2.24, 2.45) is 0 Å². The third-order valence-corrected chi connectivity index (χ3v) is 6.84. The Balaban J connectivity index is 2.38. The molecule has 0 aromatic heterocycles. The summed E-state index contributed by atoms with van der Waals surface area (Å²) >= 11 is 4.65. The van der Waals surface area contributed by atoms with Crippen LogP contribution in [0.15, 0.2) is 27.6 Å². The molecule has 0 amide bonds. The zero-order valence-electron chi connectivity index (χ0n) is 10.7. The Morgan fingerprint density at radius 3 is 2.70 bits per heavy atom. The Hall–Kier alpha value is -0.570. The number of aliphatic carboxylic acids is 1. The van der Waals surface area contributed by atoms with Crippen molar-refractivity contribution < 1.29 is 18.3 Å². The van der Waals surface area contributed by atoms with Crippen LogP contribution in [0.25, 0.3) is 0 Å². The first-order valence-corrected chi connectivity index (χ1v) is 9.31. The number of halogens is 1. The van der Waals surface area contributed by atoms with Crippen LogP contribution in [0.2, 0.25) is 0 Å². The van der Waals surface area contributed by atoms with Gasteiger partial charge in [0.05, 0.1) is 4.90 Å². The number of rotatable bonds is 4. The number of carboxylic acids is 1. The lowest BCUT2D eigenvalue weighted by atomic mass is 10.0. The van der Waals surface area contributed by atoms with E-state index in [-0.39, 0.29) is 17.1 Å². The average molecular weight is 380 g/mol. The number of hydrogen-bond acceptors (Lipinski definition) is 4. The summed E-state index contributed by atoms with van der Waals surface area (Å²) in [4.78, 5) is 11.5. The van der Waals surface area contributed by atoms with Crippen molar-refractivity contribution in [3.8, 4) is 0 Å². The van der Waals surface area contributed by atoms with Gasteiger partial charge in [-0.05, 0) is 52.7 Å². The SMILES string of the molecule is Cc1ccc(S(=O)(=O)NC2(C(=O)O)CCSC2)c(Br)c1. The Bertz CT molecular complexity index is 639. The molecule has 20 heavy (non-hydrogen) atoms. The predicted molar refractivity (Wildman–Crippen MR) is 81.5 cm³/mol. The Labute approximate surface area is 130 Å². The molecule has 5 nitrogen and oxygen atoms in total. The maximum Gasteiger partial charge on any atom is 0.325 e. The third kappa shape index (κ3) is 3.03. The summed E-state index contributed by atoms with van der Waals surface area (Å²) in [5.41, 5.74) is -0.492. The molecule has 0 spiro atoms. The molecule has 1 aliphatic rings. The lowest BCUT2D eigenvalue weighted by Crippen LogP contribution is -2.54.